The molecule has 2 aliphatic carbocycles. The summed E-state index contributed by atoms with van der Waals surface area (Å²) in [6.45, 7) is 9.59. The lowest BCUT2D eigenvalue weighted by atomic mass is 9.74. The van der Waals surface area contributed by atoms with Crippen molar-refractivity contribution in [3.8, 4) is 44.6 Å². The molecule has 0 saturated carbocycles. The minimum absolute atomic E-state index is 0.142. The molecule has 0 radical (unpaired) electrons. The molecule has 0 aliphatic heterocycles. The van der Waals surface area contributed by atoms with Gasteiger partial charge in [0.1, 0.15) is 0 Å². The second kappa shape index (κ2) is 10.4. The van der Waals surface area contributed by atoms with Crippen LogP contribution >= 0.6 is 0 Å². The van der Waals surface area contributed by atoms with Crippen LogP contribution in [-0.2, 0) is 10.8 Å². The molecule has 48 heavy (non-hydrogen) atoms. The topological polar surface area (TPSA) is 38.7 Å². The van der Waals surface area contributed by atoms with Crippen LogP contribution in [0.2, 0.25) is 0 Å². The van der Waals surface area contributed by atoms with Gasteiger partial charge in [0.25, 0.3) is 0 Å². The van der Waals surface area contributed by atoms with Crippen molar-refractivity contribution in [3.63, 3.8) is 0 Å². The molecule has 230 valence electrons. The highest BCUT2D eigenvalue weighted by Gasteiger charge is 2.49. The van der Waals surface area contributed by atoms with Crippen molar-refractivity contribution < 1.29 is 0 Å². The molecule has 0 bridgehead atoms. The number of aromatic nitrogens is 3. The normalized spacial score (nSPS) is 15.3. The number of para-hydroxylation sites is 1. The Labute approximate surface area is 281 Å². The number of nitrogens with zero attached hydrogens (tertiary/aromatic N) is 3. The summed E-state index contributed by atoms with van der Waals surface area (Å²) >= 11 is 0. The number of hydrogen-bond acceptors (Lipinski definition) is 3. The largest absolute Gasteiger partial charge is 0.265 e. The molecule has 9 rings (SSSR count). The summed E-state index contributed by atoms with van der Waals surface area (Å²) in [5.74, 6) is 0. The van der Waals surface area contributed by atoms with E-state index in [4.69, 9.17) is 4.98 Å². The summed E-state index contributed by atoms with van der Waals surface area (Å²) in [6, 6.07) is 42.0. The van der Waals surface area contributed by atoms with Crippen LogP contribution in [0.4, 0.5) is 0 Å². The first kappa shape index (κ1) is 28.5. The summed E-state index contributed by atoms with van der Waals surface area (Å²) in [6.07, 6.45) is 7.44. The van der Waals surface area contributed by atoms with Crippen molar-refractivity contribution in [2.45, 2.75) is 38.5 Å². The van der Waals surface area contributed by atoms with E-state index in [-0.39, 0.29) is 10.8 Å². The predicted octanol–water partition coefficient (Wildman–Crippen LogP) is 11.2. The Bertz CT molecular complexity index is 2380. The molecule has 0 unspecified atom stereocenters. The average Bonchev–Trinajstić information content (AvgIpc) is 3.52. The quantitative estimate of drug-likeness (QED) is 0.197. The maximum Gasteiger partial charge on any atom is 0.0709 e. The van der Waals surface area contributed by atoms with E-state index in [0.717, 1.165) is 22.3 Å². The van der Waals surface area contributed by atoms with E-state index in [1.807, 2.05) is 24.8 Å². The Morgan fingerprint density at radius 3 is 1.50 bits per heavy atom. The zero-order chi connectivity index (χ0) is 32.6. The van der Waals surface area contributed by atoms with Gasteiger partial charge in [0, 0.05) is 46.6 Å². The Hall–Kier alpha value is -5.67. The number of allylic oxidation sites excluding steroid dienone is 2. The summed E-state index contributed by atoms with van der Waals surface area (Å²) in [5, 5.41) is 1.17. The molecular formula is C45H35N3. The Morgan fingerprint density at radius 2 is 0.917 bits per heavy atom. The fourth-order valence-electron chi connectivity index (χ4n) is 8.18. The first-order chi connectivity index (χ1) is 23.3. The van der Waals surface area contributed by atoms with Gasteiger partial charge in [0.05, 0.1) is 11.2 Å². The summed E-state index contributed by atoms with van der Waals surface area (Å²) in [7, 11) is 0. The maximum atomic E-state index is 5.03. The van der Waals surface area contributed by atoms with Gasteiger partial charge in [-0.2, -0.15) is 0 Å². The third-order valence-electron chi connectivity index (χ3n) is 10.6. The van der Waals surface area contributed by atoms with Gasteiger partial charge in [-0.15, -0.1) is 0 Å². The number of rotatable bonds is 4. The fourth-order valence-corrected chi connectivity index (χ4v) is 8.18. The maximum absolute atomic E-state index is 5.03. The van der Waals surface area contributed by atoms with Gasteiger partial charge in [-0.25, -0.2) is 4.98 Å². The van der Waals surface area contributed by atoms with Crippen LogP contribution in [0.15, 0.2) is 140 Å². The minimum Gasteiger partial charge on any atom is -0.265 e. The van der Waals surface area contributed by atoms with Crippen molar-refractivity contribution in [1.82, 2.24) is 15.0 Å². The molecule has 7 aromatic rings. The third-order valence-corrected chi connectivity index (χ3v) is 10.6. The first-order valence-electron chi connectivity index (χ1n) is 16.7. The Morgan fingerprint density at radius 1 is 0.417 bits per heavy atom. The fraction of sp³-hybridized carbons (Fsp3) is 0.133. The highest BCUT2D eigenvalue weighted by Crippen LogP contribution is 2.63. The highest BCUT2D eigenvalue weighted by molar-refractivity contribution is 6.10. The lowest BCUT2D eigenvalue weighted by molar-refractivity contribution is 0.694. The first-order valence-corrected chi connectivity index (χ1v) is 16.7. The SMILES string of the molecule is CC1(C)C2=C(c3ccc(-c4cc(-c5ccncc5)cc(-c5ccncc5)c4)cc31)C(C)(C)c1cc(-c3ccc4ccccc4n3)ccc12. The molecular weight excluding hydrogens is 583 g/mol. The van der Waals surface area contributed by atoms with Crippen LogP contribution in [0.1, 0.15) is 49.9 Å². The molecule has 0 N–H and O–H groups in total. The van der Waals surface area contributed by atoms with Gasteiger partial charge >= 0.3 is 0 Å². The number of fused-ring (bicyclic) bond motifs is 5. The molecule has 0 spiro atoms. The van der Waals surface area contributed by atoms with Crippen molar-refractivity contribution in [2.24, 2.45) is 0 Å². The van der Waals surface area contributed by atoms with Crippen molar-refractivity contribution >= 4 is 22.0 Å². The van der Waals surface area contributed by atoms with Crippen LogP contribution in [0, 0.1) is 0 Å². The van der Waals surface area contributed by atoms with E-state index >= 15 is 0 Å². The number of pyridine rings is 3. The highest BCUT2D eigenvalue weighted by atomic mass is 14.7. The van der Waals surface area contributed by atoms with Gasteiger partial charge in [-0.1, -0.05) is 76.2 Å². The molecule has 0 amide bonds. The van der Waals surface area contributed by atoms with E-state index in [1.54, 1.807) is 0 Å². The average molecular weight is 618 g/mol. The molecule has 0 saturated heterocycles. The molecule has 0 fully saturated rings. The zero-order valence-corrected chi connectivity index (χ0v) is 27.6. The van der Waals surface area contributed by atoms with Crippen LogP contribution in [-0.4, -0.2) is 15.0 Å². The molecule has 3 aromatic heterocycles. The van der Waals surface area contributed by atoms with E-state index in [1.165, 1.54) is 66.6 Å². The van der Waals surface area contributed by atoms with E-state index in [9.17, 15) is 0 Å². The van der Waals surface area contributed by atoms with Crippen LogP contribution in [0.25, 0.3) is 66.7 Å². The second-order valence-corrected chi connectivity index (χ2v) is 14.2. The third kappa shape index (κ3) is 4.31. The van der Waals surface area contributed by atoms with Crippen molar-refractivity contribution in [2.75, 3.05) is 0 Å². The lowest BCUT2D eigenvalue weighted by Crippen LogP contribution is -2.19. The van der Waals surface area contributed by atoms with Crippen LogP contribution in [0.3, 0.4) is 0 Å². The van der Waals surface area contributed by atoms with Gasteiger partial charge in [-0.05, 0) is 134 Å². The zero-order valence-electron chi connectivity index (χ0n) is 27.6. The summed E-state index contributed by atoms with van der Waals surface area (Å²) < 4.78 is 0. The number of benzene rings is 4. The monoisotopic (exact) mass is 617 g/mol. The van der Waals surface area contributed by atoms with Crippen molar-refractivity contribution in [3.05, 3.63) is 162 Å². The summed E-state index contributed by atoms with van der Waals surface area (Å²) in [5.41, 5.74) is 18.4. The standard InChI is InChI=1S/C45H35N3/c1-44(2)38-26-31(35-24-33(28-15-19-46-20-16-28)23-34(25-35)29-17-21-47-22-18-29)9-12-36(38)42-43(44)37-13-10-32(27-39(37)45(42,3)4)41-14-11-30-7-5-6-8-40(30)48-41/h5-27H,1-4H3. The smallest absolute Gasteiger partial charge is 0.0709 e. The lowest BCUT2D eigenvalue weighted by Gasteiger charge is -2.29. The van der Waals surface area contributed by atoms with E-state index in [0.29, 0.717) is 0 Å². The van der Waals surface area contributed by atoms with E-state index < -0.39 is 0 Å². The molecule has 0 atom stereocenters. The van der Waals surface area contributed by atoms with E-state index in [2.05, 4.69) is 153 Å². The number of hydrogen-bond donors (Lipinski definition) is 0. The summed E-state index contributed by atoms with van der Waals surface area (Å²) in [4.78, 5) is 13.5. The van der Waals surface area contributed by atoms with Gasteiger partial charge in [-0.3, -0.25) is 9.97 Å². The predicted molar refractivity (Wildman–Crippen MR) is 198 cm³/mol. The minimum atomic E-state index is -0.150. The van der Waals surface area contributed by atoms with Crippen LogP contribution < -0.4 is 0 Å². The van der Waals surface area contributed by atoms with Crippen molar-refractivity contribution in [1.29, 1.82) is 0 Å². The molecule has 3 heterocycles. The van der Waals surface area contributed by atoms with Gasteiger partial charge < -0.3 is 0 Å². The molecule has 3 nitrogen and oxygen atoms in total. The van der Waals surface area contributed by atoms with Gasteiger partial charge in [0.2, 0.25) is 0 Å². The molecule has 4 aromatic carbocycles. The van der Waals surface area contributed by atoms with Crippen LogP contribution in [0.5, 0.6) is 0 Å². The van der Waals surface area contributed by atoms with Gasteiger partial charge in [0.15, 0.2) is 0 Å². The Balaban J connectivity index is 1.14. The Kier molecular flexibility index (Phi) is 6.20. The molecule has 3 heteroatoms. The second-order valence-electron chi connectivity index (χ2n) is 14.2. The molecule has 2 aliphatic rings.